The molecule has 4 rings (SSSR count). The van der Waals surface area contributed by atoms with Crippen LogP contribution in [0.3, 0.4) is 0 Å². The lowest BCUT2D eigenvalue weighted by Crippen LogP contribution is -2.15. The number of halogens is 3. The van der Waals surface area contributed by atoms with Gasteiger partial charge in [-0.3, -0.25) is 4.72 Å². The second-order valence-corrected chi connectivity index (χ2v) is 7.89. The van der Waals surface area contributed by atoms with Gasteiger partial charge in [-0.2, -0.15) is 9.61 Å². The molecule has 0 amide bonds. The number of nitrogens with zero attached hydrogens (tertiary/aromatic N) is 5. The second-order valence-electron chi connectivity index (χ2n) is 5.89. The largest absolute Gasteiger partial charge is 0.276 e. The van der Waals surface area contributed by atoms with Crippen LogP contribution in [0.5, 0.6) is 0 Å². The molecule has 30 heavy (non-hydrogen) atoms. The van der Waals surface area contributed by atoms with Crippen LogP contribution in [0.2, 0.25) is 5.15 Å². The fourth-order valence-electron chi connectivity index (χ4n) is 2.56. The standard InChI is InChI=1S/C18H9ClF2N6O2S/c1-2-12-8-23-18-24-9-15(25-27(12)18)10-5-14(17(19)22-7-10)26-30(28,29)16-4-3-11(20)6-13(16)21/h1,3-9,26H. The number of hydrogen-bond donors (Lipinski definition) is 1. The number of fused-ring (bicyclic) bond motifs is 1. The van der Waals surface area contributed by atoms with Gasteiger partial charge in [0.15, 0.2) is 5.15 Å². The van der Waals surface area contributed by atoms with Crippen molar-refractivity contribution in [3.05, 3.63) is 65.3 Å². The van der Waals surface area contributed by atoms with Crippen LogP contribution in [0, 0.1) is 24.0 Å². The predicted octanol–water partition coefficient (Wildman–Crippen LogP) is 2.90. The van der Waals surface area contributed by atoms with Gasteiger partial charge < -0.3 is 0 Å². The lowest BCUT2D eigenvalue weighted by molar-refractivity contribution is 0.551. The Bertz CT molecular complexity index is 1450. The van der Waals surface area contributed by atoms with Crippen molar-refractivity contribution in [2.75, 3.05) is 4.72 Å². The summed E-state index contributed by atoms with van der Waals surface area (Å²) in [5.74, 6) is 0.536. The van der Waals surface area contributed by atoms with Gasteiger partial charge in [-0.1, -0.05) is 11.6 Å². The van der Waals surface area contributed by atoms with E-state index >= 15 is 0 Å². The van der Waals surface area contributed by atoms with Crippen molar-refractivity contribution < 1.29 is 17.2 Å². The smallest absolute Gasteiger partial charge is 0.264 e. The highest BCUT2D eigenvalue weighted by Crippen LogP contribution is 2.28. The Balaban J connectivity index is 1.74. The Morgan fingerprint density at radius 1 is 1.10 bits per heavy atom. The fraction of sp³-hybridized carbons (Fsp3) is 0. The lowest BCUT2D eigenvalue weighted by atomic mass is 10.2. The predicted molar refractivity (Wildman–Crippen MR) is 104 cm³/mol. The molecule has 0 bridgehead atoms. The third kappa shape index (κ3) is 3.54. The van der Waals surface area contributed by atoms with Crippen molar-refractivity contribution >= 4 is 33.1 Å². The molecular formula is C18H9ClF2N6O2S. The van der Waals surface area contributed by atoms with Gasteiger partial charge in [-0.05, 0) is 24.1 Å². The van der Waals surface area contributed by atoms with Gasteiger partial charge >= 0.3 is 0 Å². The van der Waals surface area contributed by atoms with E-state index in [4.69, 9.17) is 18.0 Å². The summed E-state index contributed by atoms with van der Waals surface area (Å²) in [4.78, 5) is 11.3. The summed E-state index contributed by atoms with van der Waals surface area (Å²) in [5, 5.41) is 4.12. The fourth-order valence-corrected chi connectivity index (χ4v) is 3.88. The third-order valence-electron chi connectivity index (χ3n) is 3.94. The number of sulfonamides is 1. The Labute approximate surface area is 173 Å². The molecule has 3 heterocycles. The van der Waals surface area contributed by atoms with Crippen LogP contribution in [0.15, 0.2) is 47.8 Å². The summed E-state index contributed by atoms with van der Waals surface area (Å²) >= 11 is 6.00. The van der Waals surface area contributed by atoms with Gasteiger partial charge in [0.2, 0.25) is 0 Å². The van der Waals surface area contributed by atoms with E-state index in [0.717, 1.165) is 12.1 Å². The van der Waals surface area contributed by atoms with Crippen LogP contribution in [0.1, 0.15) is 5.69 Å². The normalized spacial score (nSPS) is 11.4. The van der Waals surface area contributed by atoms with Crippen molar-refractivity contribution in [2.45, 2.75) is 4.90 Å². The monoisotopic (exact) mass is 446 g/mol. The Morgan fingerprint density at radius 2 is 1.87 bits per heavy atom. The molecule has 150 valence electrons. The first kappa shape index (κ1) is 19.7. The molecular weight excluding hydrogens is 438 g/mol. The highest BCUT2D eigenvalue weighted by Gasteiger charge is 2.22. The molecule has 0 atom stereocenters. The molecule has 0 unspecified atom stereocenters. The summed E-state index contributed by atoms with van der Waals surface area (Å²) in [6.45, 7) is 0. The van der Waals surface area contributed by atoms with E-state index in [-0.39, 0.29) is 16.6 Å². The van der Waals surface area contributed by atoms with Crippen molar-refractivity contribution in [1.82, 2.24) is 24.6 Å². The molecule has 12 heteroatoms. The summed E-state index contributed by atoms with van der Waals surface area (Å²) in [5.41, 5.74) is 0.883. The Morgan fingerprint density at radius 3 is 2.60 bits per heavy atom. The van der Waals surface area contributed by atoms with E-state index < -0.39 is 26.6 Å². The second kappa shape index (κ2) is 7.33. The van der Waals surface area contributed by atoms with Crippen LogP contribution in [-0.4, -0.2) is 33.0 Å². The van der Waals surface area contributed by atoms with Gasteiger partial charge in [0.25, 0.3) is 15.8 Å². The number of pyridine rings is 1. The maximum absolute atomic E-state index is 13.9. The number of benzene rings is 1. The first-order valence-corrected chi connectivity index (χ1v) is 9.96. The number of hydrogen-bond acceptors (Lipinski definition) is 6. The maximum atomic E-state index is 13.9. The minimum Gasteiger partial charge on any atom is -0.276 e. The molecule has 4 aromatic rings. The first-order valence-electron chi connectivity index (χ1n) is 8.09. The molecule has 0 saturated heterocycles. The topological polar surface area (TPSA) is 102 Å². The molecule has 0 aliphatic rings. The molecule has 1 aromatic carbocycles. The van der Waals surface area contributed by atoms with E-state index in [1.807, 2.05) is 0 Å². The zero-order chi connectivity index (χ0) is 21.5. The number of aromatic nitrogens is 5. The van der Waals surface area contributed by atoms with Crippen LogP contribution in [0.4, 0.5) is 14.5 Å². The molecule has 0 fully saturated rings. The van der Waals surface area contributed by atoms with Crippen LogP contribution < -0.4 is 4.72 Å². The molecule has 0 aliphatic carbocycles. The first-order chi connectivity index (χ1) is 14.3. The minimum absolute atomic E-state index is 0.136. The molecule has 0 saturated carbocycles. The van der Waals surface area contributed by atoms with Crippen LogP contribution in [0.25, 0.3) is 17.0 Å². The summed E-state index contributed by atoms with van der Waals surface area (Å²) < 4.78 is 55.6. The lowest BCUT2D eigenvalue weighted by Gasteiger charge is -2.11. The zero-order valence-corrected chi connectivity index (χ0v) is 16.3. The summed E-state index contributed by atoms with van der Waals surface area (Å²) in [7, 11) is -4.41. The van der Waals surface area contributed by atoms with Crippen LogP contribution >= 0.6 is 11.6 Å². The number of nitrogens with one attached hydrogen (secondary N) is 1. The van der Waals surface area contributed by atoms with Gasteiger partial charge in [0, 0.05) is 17.8 Å². The number of anilines is 1. The van der Waals surface area contributed by atoms with E-state index in [9.17, 15) is 17.2 Å². The maximum Gasteiger partial charge on any atom is 0.264 e. The highest BCUT2D eigenvalue weighted by molar-refractivity contribution is 7.92. The minimum atomic E-state index is -4.41. The van der Waals surface area contributed by atoms with Crippen molar-refractivity contribution in [3.63, 3.8) is 0 Å². The van der Waals surface area contributed by atoms with Gasteiger partial charge in [-0.15, -0.1) is 6.42 Å². The number of terminal acetylenes is 1. The molecule has 1 N–H and O–H groups in total. The molecule has 0 aliphatic heterocycles. The highest BCUT2D eigenvalue weighted by atomic mass is 35.5. The number of rotatable bonds is 4. The Kier molecular flexibility index (Phi) is 4.81. The Hall–Kier alpha value is -3.62. The third-order valence-corrected chi connectivity index (χ3v) is 5.64. The van der Waals surface area contributed by atoms with Crippen molar-refractivity contribution in [3.8, 4) is 23.6 Å². The molecule has 0 spiro atoms. The molecule has 3 aromatic heterocycles. The quantitative estimate of drug-likeness (QED) is 0.382. The van der Waals surface area contributed by atoms with Gasteiger partial charge in [0.1, 0.15) is 27.9 Å². The summed E-state index contributed by atoms with van der Waals surface area (Å²) in [6.07, 6.45) is 9.57. The van der Waals surface area contributed by atoms with E-state index in [0.29, 0.717) is 23.0 Å². The average molecular weight is 447 g/mol. The number of imidazole rings is 1. The van der Waals surface area contributed by atoms with Gasteiger partial charge in [0.05, 0.1) is 18.1 Å². The van der Waals surface area contributed by atoms with E-state index in [1.54, 1.807) is 0 Å². The average Bonchev–Trinajstić information content (AvgIpc) is 3.11. The SMILES string of the molecule is C#Cc1cnc2ncc(-c3cnc(Cl)c(NS(=O)(=O)c4ccc(F)cc4F)c3)nn12. The van der Waals surface area contributed by atoms with Gasteiger partial charge in [-0.25, -0.2) is 32.2 Å². The molecule has 0 radical (unpaired) electrons. The summed E-state index contributed by atoms with van der Waals surface area (Å²) in [6, 6.07) is 3.44. The van der Waals surface area contributed by atoms with Crippen molar-refractivity contribution in [1.29, 1.82) is 0 Å². The van der Waals surface area contributed by atoms with Crippen molar-refractivity contribution in [2.24, 2.45) is 0 Å². The zero-order valence-electron chi connectivity index (χ0n) is 14.7. The van der Waals surface area contributed by atoms with E-state index in [2.05, 4.69) is 30.7 Å². The van der Waals surface area contributed by atoms with E-state index in [1.165, 1.54) is 29.2 Å². The van der Waals surface area contributed by atoms with Crippen LogP contribution in [-0.2, 0) is 10.0 Å². The molecule has 8 nitrogen and oxygen atoms in total.